The van der Waals surface area contributed by atoms with Gasteiger partial charge in [-0.25, -0.2) is 8.42 Å². The predicted molar refractivity (Wildman–Crippen MR) is 185 cm³/mol. The van der Waals surface area contributed by atoms with Crippen LogP contribution in [0, 0.1) is 6.92 Å². The maximum Gasteiger partial charge on any atom is 0.264 e. The number of para-hydroxylation sites is 1. The molecular weight excluding hydrogens is 595 g/mol. The Morgan fingerprint density at radius 3 is 1.89 bits per heavy atom. The summed E-state index contributed by atoms with van der Waals surface area (Å²) in [5, 5.41) is 5.77. The maximum absolute atomic E-state index is 14.1. The van der Waals surface area contributed by atoms with Gasteiger partial charge in [0.1, 0.15) is 0 Å². The molecule has 5 aromatic rings. The Bertz CT molecular complexity index is 1950. The van der Waals surface area contributed by atoms with Crippen LogP contribution in [0.25, 0.3) is 0 Å². The van der Waals surface area contributed by atoms with E-state index in [0.29, 0.717) is 16.9 Å². The molecule has 0 aliphatic carbocycles. The van der Waals surface area contributed by atoms with Crippen LogP contribution < -0.4 is 14.9 Å². The number of rotatable bonds is 9. The minimum Gasteiger partial charge on any atom is -0.322 e. The summed E-state index contributed by atoms with van der Waals surface area (Å²) in [4.78, 5) is 26.8. The number of hydrogen-bond donors (Lipinski definition) is 2. The van der Waals surface area contributed by atoms with Gasteiger partial charge in [-0.2, -0.15) is 0 Å². The highest BCUT2D eigenvalue weighted by Crippen LogP contribution is 2.30. The van der Waals surface area contributed by atoms with Gasteiger partial charge in [0.2, 0.25) is 0 Å². The molecule has 0 atom stereocenters. The number of carbonyl (C=O) groups excluding carboxylic acids is 2. The first-order valence-electron chi connectivity index (χ1n) is 15.0. The second-order valence-corrected chi connectivity index (χ2v) is 14.0. The molecule has 5 aromatic carbocycles. The van der Waals surface area contributed by atoms with E-state index in [1.807, 2.05) is 49.4 Å². The van der Waals surface area contributed by atoms with Crippen molar-refractivity contribution >= 4 is 38.9 Å². The van der Waals surface area contributed by atoms with Crippen molar-refractivity contribution in [3.05, 3.63) is 155 Å². The standard InChI is InChI=1S/C38H37N3O4S/c1-27-17-23-33(24-18-27)46(44,45)41(26-28-11-6-5-7-12-28)35-16-9-8-15-34(35)37(43)40-32-14-10-13-31(25-32)39-36(42)29-19-21-30(22-20-29)38(2,3)4/h5-25H,26H2,1-4H3,(H,39,42)(H,40,43). The highest BCUT2D eigenvalue weighted by atomic mass is 32.2. The van der Waals surface area contributed by atoms with E-state index < -0.39 is 15.9 Å². The molecule has 0 bridgehead atoms. The molecule has 2 amide bonds. The van der Waals surface area contributed by atoms with Gasteiger partial charge in [0.25, 0.3) is 21.8 Å². The van der Waals surface area contributed by atoms with E-state index in [9.17, 15) is 18.0 Å². The Morgan fingerprint density at radius 1 is 0.674 bits per heavy atom. The van der Waals surface area contributed by atoms with Gasteiger partial charge < -0.3 is 10.6 Å². The van der Waals surface area contributed by atoms with Crippen molar-refractivity contribution in [1.82, 2.24) is 0 Å². The van der Waals surface area contributed by atoms with Crippen molar-refractivity contribution < 1.29 is 18.0 Å². The van der Waals surface area contributed by atoms with E-state index >= 15 is 0 Å². The van der Waals surface area contributed by atoms with Gasteiger partial charge >= 0.3 is 0 Å². The van der Waals surface area contributed by atoms with E-state index in [4.69, 9.17) is 0 Å². The van der Waals surface area contributed by atoms with Gasteiger partial charge in [-0.15, -0.1) is 0 Å². The third-order valence-corrected chi connectivity index (χ3v) is 9.36. The summed E-state index contributed by atoms with van der Waals surface area (Å²) in [5.41, 5.74) is 4.70. The molecule has 7 nitrogen and oxygen atoms in total. The lowest BCUT2D eigenvalue weighted by atomic mass is 9.87. The predicted octanol–water partition coefficient (Wildman–Crippen LogP) is 8.19. The molecule has 0 unspecified atom stereocenters. The van der Waals surface area contributed by atoms with Crippen LogP contribution in [0.1, 0.15) is 58.2 Å². The molecule has 0 fully saturated rings. The van der Waals surface area contributed by atoms with Crippen molar-refractivity contribution in [2.24, 2.45) is 0 Å². The van der Waals surface area contributed by atoms with Crippen molar-refractivity contribution in [2.75, 3.05) is 14.9 Å². The molecule has 46 heavy (non-hydrogen) atoms. The van der Waals surface area contributed by atoms with E-state index in [2.05, 4.69) is 31.4 Å². The fourth-order valence-corrected chi connectivity index (χ4v) is 6.44. The third kappa shape index (κ3) is 7.53. The minimum atomic E-state index is -4.05. The summed E-state index contributed by atoms with van der Waals surface area (Å²) in [5.74, 6) is -0.763. The number of hydrogen-bond acceptors (Lipinski definition) is 4. The summed E-state index contributed by atoms with van der Waals surface area (Å²) in [6, 6.07) is 36.8. The Balaban J connectivity index is 1.41. The number of amides is 2. The van der Waals surface area contributed by atoms with Crippen LogP contribution in [-0.2, 0) is 22.0 Å². The monoisotopic (exact) mass is 631 g/mol. The number of benzene rings is 5. The van der Waals surface area contributed by atoms with Gasteiger partial charge in [-0.1, -0.05) is 99.1 Å². The molecule has 0 spiro atoms. The van der Waals surface area contributed by atoms with Crippen LogP contribution in [0.15, 0.2) is 132 Å². The topological polar surface area (TPSA) is 95.6 Å². The van der Waals surface area contributed by atoms with Crippen molar-refractivity contribution in [3.8, 4) is 0 Å². The summed E-state index contributed by atoms with van der Waals surface area (Å²) >= 11 is 0. The Hall–Kier alpha value is -5.21. The second kappa shape index (κ2) is 13.4. The third-order valence-electron chi connectivity index (χ3n) is 7.59. The lowest BCUT2D eigenvalue weighted by molar-refractivity contribution is 0.101. The molecule has 0 saturated carbocycles. The van der Waals surface area contributed by atoms with Gasteiger partial charge in [0.05, 0.1) is 22.7 Å². The number of sulfonamides is 1. The van der Waals surface area contributed by atoms with E-state index in [-0.39, 0.29) is 34.0 Å². The highest BCUT2D eigenvalue weighted by molar-refractivity contribution is 7.92. The van der Waals surface area contributed by atoms with Crippen LogP contribution in [0.5, 0.6) is 0 Å². The van der Waals surface area contributed by atoms with Crippen LogP contribution in [-0.4, -0.2) is 20.2 Å². The maximum atomic E-state index is 14.1. The molecule has 0 aliphatic heterocycles. The van der Waals surface area contributed by atoms with E-state index in [1.165, 1.54) is 4.31 Å². The number of carbonyl (C=O) groups is 2. The molecule has 5 rings (SSSR count). The first-order chi connectivity index (χ1) is 21.9. The number of aryl methyl sites for hydroxylation is 1. The lowest BCUT2D eigenvalue weighted by Crippen LogP contribution is -2.32. The summed E-state index contributed by atoms with van der Waals surface area (Å²) in [6.07, 6.45) is 0. The number of anilines is 3. The SMILES string of the molecule is Cc1ccc(S(=O)(=O)N(Cc2ccccc2)c2ccccc2C(=O)Nc2cccc(NC(=O)c3ccc(C(C)(C)C)cc3)c2)cc1. The first kappa shape index (κ1) is 32.2. The van der Waals surface area contributed by atoms with Gasteiger partial charge in [0, 0.05) is 16.9 Å². The average molecular weight is 632 g/mol. The first-order valence-corrected chi connectivity index (χ1v) is 16.4. The molecular formula is C38H37N3O4S. The molecule has 2 N–H and O–H groups in total. The van der Waals surface area contributed by atoms with Gasteiger partial charge in [0.15, 0.2) is 0 Å². The molecule has 0 radical (unpaired) electrons. The molecule has 234 valence electrons. The van der Waals surface area contributed by atoms with Crippen LogP contribution in [0.3, 0.4) is 0 Å². The lowest BCUT2D eigenvalue weighted by Gasteiger charge is -2.26. The molecule has 0 heterocycles. The van der Waals surface area contributed by atoms with E-state index in [0.717, 1.165) is 16.7 Å². The molecule has 8 heteroatoms. The fraction of sp³-hybridized carbons (Fsp3) is 0.158. The number of nitrogens with zero attached hydrogens (tertiary/aromatic N) is 1. The fourth-order valence-electron chi connectivity index (χ4n) is 4.97. The summed E-state index contributed by atoms with van der Waals surface area (Å²) in [6.45, 7) is 8.26. The van der Waals surface area contributed by atoms with Crippen LogP contribution in [0.2, 0.25) is 0 Å². The van der Waals surface area contributed by atoms with Crippen LogP contribution in [0.4, 0.5) is 17.1 Å². The Morgan fingerprint density at radius 2 is 1.26 bits per heavy atom. The van der Waals surface area contributed by atoms with Gasteiger partial charge in [-0.05, 0) is 78.1 Å². The molecule has 0 aliphatic rings. The summed E-state index contributed by atoms with van der Waals surface area (Å²) < 4.78 is 29.4. The number of nitrogens with one attached hydrogen (secondary N) is 2. The largest absolute Gasteiger partial charge is 0.322 e. The van der Waals surface area contributed by atoms with Crippen molar-refractivity contribution in [2.45, 2.75) is 44.6 Å². The zero-order chi connectivity index (χ0) is 32.9. The zero-order valence-electron chi connectivity index (χ0n) is 26.3. The molecule has 0 saturated heterocycles. The van der Waals surface area contributed by atoms with Crippen molar-refractivity contribution in [1.29, 1.82) is 0 Å². The Kier molecular flexibility index (Phi) is 9.39. The van der Waals surface area contributed by atoms with Gasteiger partial charge in [-0.3, -0.25) is 13.9 Å². The second-order valence-electron chi connectivity index (χ2n) is 12.1. The quantitative estimate of drug-likeness (QED) is 0.171. The van der Waals surface area contributed by atoms with E-state index in [1.54, 1.807) is 84.9 Å². The highest BCUT2D eigenvalue weighted by Gasteiger charge is 2.29. The Labute approximate surface area is 271 Å². The smallest absolute Gasteiger partial charge is 0.264 e. The average Bonchev–Trinajstić information content (AvgIpc) is 3.04. The summed E-state index contributed by atoms with van der Waals surface area (Å²) in [7, 11) is -4.05. The molecule has 0 aromatic heterocycles. The minimum absolute atomic E-state index is 0.0242. The normalized spacial score (nSPS) is 11.5. The van der Waals surface area contributed by atoms with Crippen LogP contribution >= 0.6 is 0 Å². The zero-order valence-corrected chi connectivity index (χ0v) is 27.1. The van der Waals surface area contributed by atoms with Crippen molar-refractivity contribution in [3.63, 3.8) is 0 Å².